The lowest BCUT2D eigenvalue weighted by Gasteiger charge is -2.28. The number of anilines is 1. The third-order valence-electron chi connectivity index (χ3n) is 3.03. The molecule has 0 saturated heterocycles. The number of pyridine rings is 1. The first-order valence-corrected chi connectivity index (χ1v) is 7.66. The number of rotatable bonds is 1. The molecule has 1 amide bonds. The fourth-order valence-electron chi connectivity index (χ4n) is 2.14. The highest BCUT2D eigenvalue weighted by Crippen LogP contribution is 2.33. The van der Waals surface area contributed by atoms with E-state index in [4.69, 9.17) is 0 Å². The molecule has 0 spiro atoms. The number of aromatic nitrogens is 2. The second kappa shape index (κ2) is 5.02. The second-order valence-electron chi connectivity index (χ2n) is 4.29. The number of carbonyl (C=O) groups excluding carboxylic acids is 1. The van der Waals surface area contributed by atoms with Gasteiger partial charge in [-0.1, -0.05) is 0 Å². The van der Waals surface area contributed by atoms with E-state index < -0.39 is 0 Å². The van der Waals surface area contributed by atoms with E-state index in [9.17, 15) is 4.79 Å². The van der Waals surface area contributed by atoms with Gasteiger partial charge in [0.1, 0.15) is 10.7 Å². The zero-order valence-corrected chi connectivity index (χ0v) is 12.7. The molecule has 2 aromatic heterocycles. The Kier molecular flexibility index (Phi) is 3.36. The van der Waals surface area contributed by atoms with Crippen LogP contribution in [-0.2, 0) is 7.05 Å². The van der Waals surface area contributed by atoms with E-state index in [1.807, 2.05) is 36.0 Å². The van der Waals surface area contributed by atoms with E-state index in [0.717, 1.165) is 20.9 Å². The van der Waals surface area contributed by atoms with E-state index >= 15 is 0 Å². The van der Waals surface area contributed by atoms with Gasteiger partial charge >= 0.3 is 0 Å². The minimum atomic E-state index is 0.0164. The number of hydrogen-bond donors (Lipinski definition) is 0. The summed E-state index contributed by atoms with van der Waals surface area (Å²) in [6, 6.07) is 5.66. The van der Waals surface area contributed by atoms with Crippen molar-refractivity contribution in [2.45, 2.75) is 5.03 Å². The van der Waals surface area contributed by atoms with Gasteiger partial charge in [0, 0.05) is 36.2 Å². The third kappa shape index (κ3) is 2.30. The fourth-order valence-corrected chi connectivity index (χ4v) is 3.59. The minimum absolute atomic E-state index is 0.0164. The van der Waals surface area contributed by atoms with Crippen LogP contribution in [0.15, 0.2) is 40.1 Å². The lowest BCUT2D eigenvalue weighted by atomic mass is 10.3. The molecule has 1 aliphatic heterocycles. The first-order chi connectivity index (χ1) is 9.16. The number of nitrogens with zero attached hydrogens (tertiary/aromatic N) is 3. The third-order valence-corrected chi connectivity index (χ3v) is 4.44. The quantitative estimate of drug-likeness (QED) is 0.802. The molecule has 0 bridgehead atoms. The van der Waals surface area contributed by atoms with Crippen LogP contribution < -0.4 is 4.90 Å². The number of halogens is 1. The number of hydrogen-bond acceptors (Lipinski definition) is 3. The molecule has 3 heterocycles. The number of thioether (sulfide) groups is 1. The van der Waals surface area contributed by atoms with Crippen LogP contribution in [-0.4, -0.2) is 27.8 Å². The van der Waals surface area contributed by atoms with Crippen molar-refractivity contribution in [1.29, 1.82) is 0 Å². The van der Waals surface area contributed by atoms with E-state index in [-0.39, 0.29) is 5.91 Å². The van der Waals surface area contributed by atoms with Gasteiger partial charge in [0.2, 0.25) is 0 Å². The lowest BCUT2D eigenvalue weighted by Crippen LogP contribution is -2.36. The molecule has 0 aromatic carbocycles. The molecule has 19 heavy (non-hydrogen) atoms. The smallest absolute Gasteiger partial charge is 0.275 e. The highest BCUT2D eigenvalue weighted by atomic mass is 79.9. The van der Waals surface area contributed by atoms with Crippen LogP contribution in [0.1, 0.15) is 10.5 Å². The summed E-state index contributed by atoms with van der Waals surface area (Å²) in [6.45, 7) is 0.713. The molecule has 4 nitrogen and oxygen atoms in total. The summed E-state index contributed by atoms with van der Waals surface area (Å²) in [5.74, 6) is 0.893. The van der Waals surface area contributed by atoms with Crippen LogP contribution in [0.5, 0.6) is 0 Å². The van der Waals surface area contributed by atoms with Gasteiger partial charge in [0.25, 0.3) is 5.91 Å². The lowest BCUT2D eigenvalue weighted by molar-refractivity contribution is 0.0980. The van der Waals surface area contributed by atoms with Crippen molar-refractivity contribution in [3.8, 4) is 0 Å². The predicted octanol–water partition coefficient (Wildman–Crippen LogP) is 2.94. The molecule has 0 fully saturated rings. The van der Waals surface area contributed by atoms with Crippen molar-refractivity contribution < 1.29 is 4.79 Å². The largest absolute Gasteiger partial charge is 0.345 e. The van der Waals surface area contributed by atoms with Gasteiger partial charge < -0.3 is 9.47 Å². The molecule has 0 saturated carbocycles. The van der Waals surface area contributed by atoms with Crippen LogP contribution in [0.2, 0.25) is 0 Å². The minimum Gasteiger partial charge on any atom is -0.345 e. The SMILES string of the molecule is Cn1cc(Br)cc1C(=O)N1CCSc2ncccc21. The highest BCUT2D eigenvalue weighted by molar-refractivity contribution is 9.10. The average molecular weight is 338 g/mol. The number of carbonyl (C=O) groups is 1. The molecule has 0 atom stereocenters. The highest BCUT2D eigenvalue weighted by Gasteiger charge is 2.26. The summed E-state index contributed by atoms with van der Waals surface area (Å²) in [4.78, 5) is 18.8. The Hall–Kier alpha value is -1.27. The first-order valence-electron chi connectivity index (χ1n) is 5.88. The summed E-state index contributed by atoms with van der Waals surface area (Å²) in [5.41, 5.74) is 1.58. The topological polar surface area (TPSA) is 38.1 Å². The standard InChI is InChI=1S/C13H12BrN3OS/c1-16-8-9(14)7-11(16)13(18)17-5-6-19-12-10(17)3-2-4-15-12/h2-4,7-8H,5-6H2,1H3. The fraction of sp³-hybridized carbons (Fsp3) is 0.231. The molecule has 0 unspecified atom stereocenters. The number of aryl methyl sites for hydroxylation is 1. The Morgan fingerprint density at radius 2 is 2.37 bits per heavy atom. The van der Waals surface area contributed by atoms with Gasteiger partial charge in [0.05, 0.1) is 5.69 Å². The van der Waals surface area contributed by atoms with Crippen molar-refractivity contribution in [1.82, 2.24) is 9.55 Å². The van der Waals surface area contributed by atoms with E-state index in [1.165, 1.54) is 0 Å². The maximum absolute atomic E-state index is 12.6. The molecular weight excluding hydrogens is 326 g/mol. The summed E-state index contributed by atoms with van der Waals surface area (Å²) in [5, 5.41) is 0.926. The maximum atomic E-state index is 12.6. The summed E-state index contributed by atoms with van der Waals surface area (Å²) in [7, 11) is 1.88. The summed E-state index contributed by atoms with van der Waals surface area (Å²) >= 11 is 5.09. The van der Waals surface area contributed by atoms with Crippen molar-refractivity contribution in [2.24, 2.45) is 7.05 Å². The molecule has 0 aliphatic carbocycles. The zero-order chi connectivity index (χ0) is 13.4. The van der Waals surface area contributed by atoms with Crippen molar-refractivity contribution in [2.75, 3.05) is 17.2 Å². The second-order valence-corrected chi connectivity index (χ2v) is 6.29. The first kappa shape index (κ1) is 12.7. The van der Waals surface area contributed by atoms with Gasteiger partial charge in [-0.2, -0.15) is 0 Å². The molecule has 1 aliphatic rings. The predicted molar refractivity (Wildman–Crippen MR) is 79.8 cm³/mol. The molecule has 2 aromatic rings. The Morgan fingerprint density at radius 1 is 1.53 bits per heavy atom. The normalized spacial score (nSPS) is 14.3. The van der Waals surface area contributed by atoms with Crippen LogP contribution in [0.25, 0.3) is 0 Å². The average Bonchev–Trinajstić information content (AvgIpc) is 2.76. The summed E-state index contributed by atoms with van der Waals surface area (Å²) in [6.07, 6.45) is 3.65. The van der Waals surface area contributed by atoms with Crippen LogP contribution in [0, 0.1) is 0 Å². The van der Waals surface area contributed by atoms with Crippen molar-refractivity contribution >= 4 is 39.3 Å². The molecular formula is C13H12BrN3OS. The van der Waals surface area contributed by atoms with Crippen LogP contribution in [0.4, 0.5) is 5.69 Å². The molecule has 0 radical (unpaired) electrons. The zero-order valence-electron chi connectivity index (χ0n) is 10.3. The van der Waals surface area contributed by atoms with Gasteiger partial charge in [-0.3, -0.25) is 4.79 Å². The molecule has 3 rings (SSSR count). The van der Waals surface area contributed by atoms with Crippen molar-refractivity contribution in [3.05, 3.63) is 40.8 Å². The van der Waals surface area contributed by atoms with Crippen LogP contribution in [0.3, 0.4) is 0 Å². The Bertz CT molecular complexity index is 641. The number of amides is 1. The van der Waals surface area contributed by atoms with Crippen LogP contribution >= 0.6 is 27.7 Å². The van der Waals surface area contributed by atoms with Gasteiger partial charge in [-0.25, -0.2) is 4.98 Å². The van der Waals surface area contributed by atoms with Gasteiger partial charge in [-0.15, -0.1) is 11.8 Å². The van der Waals surface area contributed by atoms with E-state index in [2.05, 4.69) is 20.9 Å². The maximum Gasteiger partial charge on any atom is 0.275 e. The molecule has 0 N–H and O–H groups in total. The Morgan fingerprint density at radius 3 is 3.11 bits per heavy atom. The Balaban J connectivity index is 2.00. The van der Waals surface area contributed by atoms with E-state index in [1.54, 1.807) is 22.9 Å². The van der Waals surface area contributed by atoms with Crippen molar-refractivity contribution in [3.63, 3.8) is 0 Å². The van der Waals surface area contributed by atoms with Gasteiger partial charge in [0.15, 0.2) is 0 Å². The van der Waals surface area contributed by atoms with Gasteiger partial charge in [-0.05, 0) is 34.1 Å². The summed E-state index contributed by atoms with van der Waals surface area (Å²) < 4.78 is 2.75. The molecule has 6 heteroatoms. The monoisotopic (exact) mass is 337 g/mol. The number of fused-ring (bicyclic) bond motifs is 1. The van der Waals surface area contributed by atoms with E-state index in [0.29, 0.717) is 12.2 Å². The molecule has 98 valence electrons. The Labute approximate surface area is 123 Å².